The summed E-state index contributed by atoms with van der Waals surface area (Å²) in [6, 6.07) is 5.82. The Bertz CT molecular complexity index is 313. The lowest BCUT2D eigenvalue weighted by Gasteiger charge is -2.39. The van der Waals surface area contributed by atoms with Crippen LogP contribution in [-0.2, 0) is 5.54 Å². The number of nitrogens with two attached hydrogens (primary N) is 1. The molecule has 1 aliphatic rings. The van der Waals surface area contributed by atoms with Gasteiger partial charge in [-0.2, -0.15) is 0 Å². The molecule has 3 heteroatoms. The molecule has 0 atom stereocenters. The molecule has 1 nitrogen and oxygen atoms in total. The highest BCUT2D eigenvalue weighted by Gasteiger charge is 2.37. The van der Waals surface area contributed by atoms with E-state index in [1.165, 1.54) is 6.42 Å². The molecule has 1 aromatic carbocycles. The highest BCUT2D eigenvalue weighted by atomic mass is 79.9. The maximum absolute atomic E-state index is 6.21. The van der Waals surface area contributed by atoms with Gasteiger partial charge in [0.25, 0.3) is 0 Å². The van der Waals surface area contributed by atoms with Gasteiger partial charge >= 0.3 is 0 Å². The van der Waals surface area contributed by atoms with E-state index >= 15 is 0 Å². The molecule has 1 aromatic rings. The molecule has 1 aliphatic carbocycles. The molecule has 0 unspecified atom stereocenters. The fraction of sp³-hybridized carbons (Fsp3) is 0.400. The van der Waals surface area contributed by atoms with Crippen molar-refractivity contribution in [2.75, 3.05) is 0 Å². The predicted molar refractivity (Wildman–Crippen MR) is 58.9 cm³/mol. The van der Waals surface area contributed by atoms with Crippen molar-refractivity contribution in [3.05, 3.63) is 33.3 Å². The van der Waals surface area contributed by atoms with Crippen molar-refractivity contribution >= 4 is 27.5 Å². The lowest BCUT2D eigenvalue weighted by molar-refractivity contribution is 0.252. The van der Waals surface area contributed by atoms with E-state index in [9.17, 15) is 0 Å². The van der Waals surface area contributed by atoms with E-state index in [1.54, 1.807) is 0 Å². The van der Waals surface area contributed by atoms with Gasteiger partial charge in [-0.05, 0) is 31.4 Å². The minimum Gasteiger partial charge on any atom is -0.321 e. The zero-order chi connectivity index (χ0) is 9.47. The zero-order valence-corrected chi connectivity index (χ0v) is 9.53. The van der Waals surface area contributed by atoms with Crippen LogP contribution in [0.2, 0.25) is 5.02 Å². The van der Waals surface area contributed by atoms with Crippen LogP contribution in [0.1, 0.15) is 24.8 Å². The molecule has 1 saturated carbocycles. The van der Waals surface area contributed by atoms with Crippen LogP contribution in [-0.4, -0.2) is 0 Å². The molecule has 0 heterocycles. The highest BCUT2D eigenvalue weighted by molar-refractivity contribution is 9.10. The van der Waals surface area contributed by atoms with E-state index in [-0.39, 0.29) is 5.54 Å². The SMILES string of the molecule is NC1(c2c(Cl)cccc2Br)CCC1. The Kier molecular flexibility index (Phi) is 2.39. The topological polar surface area (TPSA) is 26.0 Å². The van der Waals surface area contributed by atoms with Crippen LogP contribution in [0.3, 0.4) is 0 Å². The van der Waals surface area contributed by atoms with E-state index < -0.39 is 0 Å². The minimum absolute atomic E-state index is 0.183. The molecule has 1 fully saturated rings. The smallest absolute Gasteiger partial charge is 0.0467 e. The van der Waals surface area contributed by atoms with Gasteiger partial charge in [0, 0.05) is 20.6 Å². The van der Waals surface area contributed by atoms with E-state index in [1.807, 2.05) is 18.2 Å². The molecule has 2 N–H and O–H groups in total. The predicted octanol–water partition coefficient (Wildman–Crippen LogP) is 3.44. The number of halogens is 2. The number of benzene rings is 1. The van der Waals surface area contributed by atoms with Crippen molar-refractivity contribution < 1.29 is 0 Å². The van der Waals surface area contributed by atoms with E-state index in [2.05, 4.69) is 15.9 Å². The molecule has 0 aromatic heterocycles. The Labute approximate surface area is 91.4 Å². The Balaban J connectivity index is 2.49. The molecule has 0 amide bonds. The second-order valence-electron chi connectivity index (χ2n) is 3.61. The normalized spacial score (nSPS) is 19.6. The summed E-state index contributed by atoms with van der Waals surface area (Å²) in [5.41, 5.74) is 7.10. The van der Waals surface area contributed by atoms with E-state index in [0.717, 1.165) is 27.9 Å². The maximum atomic E-state index is 6.21. The van der Waals surface area contributed by atoms with Gasteiger partial charge in [0.15, 0.2) is 0 Å². The van der Waals surface area contributed by atoms with Gasteiger partial charge in [-0.1, -0.05) is 33.6 Å². The van der Waals surface area contributed by atoms with Gasteiger partial charge in [-0.15, -0.1) is 0 Å². The molecule has 13 heavy (non-hydrogen) atoms. The highest BCUT2D eigenvalue weighted by Crippen LogP contribution is 2.44. The summed E-state index contributed by atoms with van der Waals surface area (Å²) in [6.07, 6.45) is 3.28. The Morgan fingerprint density at radius 2 is 2.08 bits per heavy atom. The third kappa shape index (κ3) is 1.51. The third-order valence-corrected chi connectivity index (χ3v) is 3.68. The maximum Gasteiger partial charge on any atom is 0.0467 e. The van der Waals surface area contributed by atoms with Crippen LogP contribution < -0.4 is 5.73 Å². The number of hydrogen-bond acceptors (Lipinski definition) is 1. The summed E-state index contributed by atoms with van der Waals surface area (Å²) in [7, 11) is 0. The second kappa shape index (κ2) is 3.26. The summed E-state index contributed by atoms with van der Waals surface area (Å²) < 4.78 is 1.03. The second-order valence-corrected chi connectivity index (χ2v) is 4.87. The standard InChI is InChI=1S/C10H11BrClN/c11-7-3-1-4-8(12)9(7)10(13)5-2-6-10/h1,3-4H,2,5-6,13H2. The largest absolute Gasteiger partial charge is 0.321 e. The molecule has 70 valence electrons. The molecular formula is C10H11BrClN. The van der Waals surface area contributed by atoms with Crippen LogP contribution >= 0.6 is 27.5 Å². The van der Waals surface area contributed by atoms with E-state index in [4.69, 9.17) is 17.3 Å². The molecule has 0 bridgehead atoms. The molecule has 0 spiro atoms. The summed E-state index contributed by atoms with van der Waals surface area (Å²) in [5.74, 6) is 0. The van der Waals surface area contributed by atoms with Crippen LogP contribution in [0, 0.1) is 0 Å². The number of hydrogen-bond donors (Lipinski definition) is 1. The molecule has 0 aliphatic heterocycles. The summed E-state index contributed by atoms with van der Waals surface area (Å²) >= 11 is 9.61. The van der Waals surface area contributed by atoms with Gasteiger partial charge in [0.05, 0.1) is 0 Å². The van der Waals surface area contributed by atoms with Crippen molar-refractivity contribution in [3.63, 3.8) is 0 Å². The Hall–Kier alpha value is -0.0500. The van der Waals surface area contributed by atoms with Gasteiger partial charge in [-0.25, -0.2) is 0 Å². The first-order chi connectivity index (χ1) is 6.13. The summed E-state index contributed by atoms with van der Waals surface area (Å²) in [6.45, 7) is 0. The molecule has 0 radical (unpaired) electrons. The quantitative estimate of drug-likeness (QED) is 0.822. The molecular weight excluding hydrogens is 249 g/mol. The monoisotopic (exact) mass is 259 g/mol. The lowest BCUT2D eigenvalue weighted by atomic mass is 9.73. The average molecular weight is 261 g/mol. The van der Waals surface area contributed by atoms with Crippen molar-refractivity contribution in [1.82, 2.24) is 0 Å². The first kappa shape index (κ1) is 9.50. The zero-order valence-electron chi connectivity index (χ0n) is 7.19. The first-order valence-electron chi connectivity index (χ1n) is 4.37. The first-order valence-corrected chi connectivity index (χ1v) is 5.54. The molecule has 2 rings (SSSR count). The van der Waals surface area contributed by atoms with Crippen molar-refractivity contribution in [1.29, 1.82) is 0 Å². The Morgan fingerprint density at radius 3 is 2.54 bits per heavy atom. The average Bonchev–Trinajstić information content (AvgIpc) is 2.01. The summed E-state index contributed by atoms with van der Waals surface area (Å²) in [4.78, 5) is 0. The fourth-order valence-electron chi connectivity index (χ4n) is 1.78. The summed E-state index contributed by atoms with van der Waals surface area (Å²) in [5, 5.41) is 0.775. The molecule has 0 saturated heterocycles. The van der Waals surface area contributed by atoms with Crippen molar-refractivity contribution in [2.45, 2.75) is 24.8 Å². The lowest BCUT2D eigenvalue weighted by Crippen LogP contribution is -2.43. The minimum atomic E-state index is -0.183. The number of rotatable bonds is 1. The van der Waals surface area contributed by atoms with Crippen LogP contribution in [0.4, 0.5) is 0 Å². The third-order valence-electron chi connectivity index (χ3n) is 2.71. The Morgan fingerprint density at radius 1 is 1.38 bits per heavy atom. The van der Waals surface area contributed by atoms with Gasteiger partial charge in [-0.3, -0.25) is 0 Å². The van der Waals surface area contributed by atoms with E-state index in [0.29, 0.717) is 0 Å². The van der Waals surface area contributed by atoms with Crippen LogP contribution in [0.5, 0.6) is 0 Å². The van der Waals surface area contributed by atoms with Gasteiger partial charge in [0.1, 0.15) is 0 Å². The fourth-order valence-corrected chi connectivity index (χ4v) is 3.02. The van der Waals surface area contributed by atoms with Gasteiger partial charge < -0.3 is 5.73 Å². The van der Waals surface area contributed by atoms with Gasteiger partial charge in [0.2, 0.25) is 0 Å². The van der Waals surface area contributed by atoms with Crippen LogP contribution in [0.15, 0.2) is 22.7 Å². The van der Waals surface area contributed by atoms with Crippen LogP contribution in [0.25, 0.3) is 0 Å². The van der Waals surface area contributed by atoms with Crippen molar-refractivity contribution in [2.24, 2.45) is 5.73 Å². The van der Waals surface area contributed by atoms with Crippen molar-refractivity contribution in [3.8, 4) is 0 Å².